The van der Waals surface area contributed by atoms with Crippen molar-refractivity contribution in [3.63, 3.8) is 0 Å². The Balaban J connectivity index is 2.04. The predicted molar refractivity (Wildman–Crippen MR) is 79.4 cm³/mol. The maximum Gasteiger partial charge on any atom is 0.273 e. The summed E-state index contributed by atoms with van der Waals surface area (Å²) in [4.78, 5) is 25.2. The number of hydrogen-bond donors (Lipinski definition) is 0. The Morgan fingerprint density at radius 1 is 1.42 bits per heavy atom. The molecule has 0 aliphatic carbocycles. The van der Waals surface area contributed by atoms with E-state index in [-0.39, 0.29) is 5.56 Å². The van der Waals surface area contributed by atoms with E-state index in [1.54, 1.807) is 22.2 Å². The molecule has 0 saturated heterocycles. The standard InChI is InChI=1S/C11H10N4OS3/c1-6-13-7(4-18-6)3-15-5-12-9-8(10(15)16)19-11(14-9)17-2/h4-5H,3H2,1-2H3. The monoisotopic (exact) mass is 310 g/mol. The lowest BCUT2D eigenvalue weighted by atomic mass is 10.4. The summed E-state index contributed by atoms with van der Waals surface area (Å²) < 4.78 is 3.06. The quantitative estimate of drug-likeness (QED) is 0.695. The molecule has 0 unspecified atom stereocenters. The molecule has 0 fully saturated rings. The largest absolute Gasteiger partial charge is 0.292 e. The molecule has 0 saturated carbocycles. The van der Waals surface area contributed by atoms with Crippen molar-refractivity contribution in [2.75, 3.05) is 6.26 Å². The molecule has 3 rings (SSSR count). The van der Waals surface area contributed by atoms with Crippen molar-refractivity contribution >= 4 is 44.8 Å². The van der Waals surface area contributed by atoms with Crippen LogP contribution in [0.15, 0.2) is 20.8 Å². The van der Waals surface area contributed by atoms with Gasteiger partial charge in [0.1, 0.15) is 11.0 Å². The van der Waals surface area contributed by atoms with Crippen molar-refractivity contribution in [3.05, 3.63) is 32.8 Å². The third kappa shape index (κ3) is 2.43. The van der Waals surface area contributed by atoms with Gasteiger partial charge in [0.25, 0.3) is 5.56 Å². The summed E-state index contributed by atoms with van der Waals surface area (Å²) >= 11 is 4.50. The van der Waals surface area contributed by atoms with Gasteiger partial charge in [0.15, 0.2) is 9.99 Å². The molecule has 0 bridgehead atoms. The van der Waals surface area contributed by atoms with E-state index >= 15 is 0 Å². The van der Waals surface area contributed by atoms with E-state index in [4.69, 9.17) is 0 Å². The van der Waals surface area contributed by atoms with Gasteiger partial charge in [-0.15, -0.1) is 22.7 Å². The van der Waals surface area contributed by atoms with Gasteiger partial charge in [-0.3, -0.25) is 9.36 Å². The Labute approximate surface area is 121 Å². The summed E-state index contributed by atoms with van der Waals surface area (Å²) in [5.74, 6) is 0. The van der Waals surface area contributed by atoms with Crippen LogP contribution in [0.2, 0.25) is 0 Å². The summed E-state index contributed by atoms with van der Waals surface area (Å²) in [6.07, 6.45) is 3.48. The maximum atomic E-state index is 12.3. The van der Waals surface area contributed by atoms with Crippen molar-refractivity contribution in [2.24, 2.45) is 0 Å². The van der Waals surface area contributed by atoms with E-state index in [1.807, 2.05) is 18.6 Å². The number of thiazole rings is 2. The predicted octanol–water partition coefficient (Wildman–Crippen LogP) is 2.39. The summed E-state index contributed by atoms with van der Waals surface area (Å²) in [5.41, 5.74) is 1.37. The Bertz CT molecular complexity index is 789. The first kappa shape index (κ1) is 12.8. The molecule has 0 atom stereocenters. The Kier molecular flexibility index (Phi) is 3.38. The molecule has 0 aliphatic heterocycles. The fourth-order valence-corrected chi connectivity index (χ4v) is 3.75. The van der Waals surface area contributed by atoms with Crippen LogP contribution in [0.25, 0.3) is 10.3 Å². The van der Waals surface area contributed by atoms with E-state index < -0.39 is 0 Å². The van der Waals surface area contributed by atoms with Crippen LogP contribution in [0.5, 0.6) is 0 Å². The molecule has 8 heteroatoms. The lowest BCUT2D eigenvalue weighted by molar-refractivity contribution is 0.732. The van der Waals surface area contributed by atoms with Crippen molar-refractivity contribution < 1.29 is 0 Å². The van der Waals surface area contributed by atoms with Gasteiger partial charge in [-0.1, -0.05) is 11.8 Å². The molecule has 3 aromatic rings. The minimum absolute atomic E-state index is 0.0477. The van der Waals surface area contributed by atoms with Crippen LogP contribution in [-0.4, -0.2) is 25.8 Å². The van der Waals surface area contributed by atoms with Gasteiger partial charge >= 0.3 is 0 Å². The van der Waals surface area contributed by atoms with E-state index in [1.165, 1.54) is 23.1 Å². The highest BCUT2D eigenvalue weighted by Crippen LogP contribution is 2.24. The minimum Gasteiger partial charge on any atom is -0.292 e. The SMILES string of the molecule is CSc1nc2ncn(Cc3csc(C)n3)c(=O)c2s1. The van der Waals surface area contributed by atoms with Gasteiger partial charge in [-0.2, -0.15) is 0 Å². The molecule has 0 amide bonds. The number of thioether (sulfide) groups is 1. The van der Waals surface area contributed by atoms with Crippen LogP contribution >= 0.6 is 34.4 Å². The van der Waals surface area contributed by atoms with E-state index in [0.717, 1.165) is 15.0 Å². The van der Waals surface area contributed by atoms with Crippen LogP contribution in [0, 0.1) is 6.92 Å². The zero-order valence-electron chi connectivity index (χ0n) is 10.3. The highest BCUT2D eigenvalue weighted by molar-refractivity contribution is 8.00. The van der Waals surface area contributed by atoms with Gasteiger partial charge < -0.3 is 0 Å². The van der Waals surface area contributed by atoms with Gasteiger partial charge in [0.2, 0.25) is 0 Å². The summed E-state index contributed by atoms with van der Waals surface area (Å²) in [6, 6.07) is 0. The fraction of sp³-hybridized carbons (Fsp3) is 0.273. The van der Waals surface area contributed by atoms with E-state index in [0.29, 0.717) is 16.9 Å². The number of rotatable bonds is 3. The molecule has 5 nitrogen and oxygen atoms in total. The fourth-order valence-electron chi connectivity index (χ4n) is 1.68. The smallest absolute Gasteiger partial charge is 0.273 e. The molecule has 0 N–H and O–H groups in total. The van der Waals surface area contributed by atoms with E-state index in [9.17, 15) is 4.79 Å². The average molecular weight is 310 g/mol. The number of aromatic nitrogens is 4. The first-order chi connectivity index (χ1) is 9.17. The second kappa shape index (κ2) is 5.03. The molecule has 19 heavy (non-hydrogen) atoms. The molecule has 0 spiro atoms. The number of aryl methyl sites for hydroxylation is 1. The van der Waals surface area contributed by atoms with Gasteiger partial charge in [-0.05, 0) is 13.2 Å². The van der Waals surface area contributed by atoms with Crippen molar-refractivity contribution in [3.8, 4) is 0 Å². The highest BCUT2D eigenvalue weighted by Gasteiger charge is 2.11. The van der Waals surface area contributed by atoms with Crippen LogP contribution in [0.4, 0.5) is 0 Å². The van der Waals surface area contributed by atoms with Crippen molar-refractivity contribution in [2.45, 2.75) is 17.8 Å². The number of nitrogens with zero attached hydrogens (tertiary/aromatic N) is 4. The first-order valence-corrected chi connectivity index (χ1v) is 8.40. The molecule has 3 heterocycles. The first-order valence-electron chi connectivity index (χ1n) is 5.48. The number of hydrogen-bond acceptors (Lipinski definition) is 7. The molecule has 98 valence electrons. The molecular weight excluding hydrogens is 300 g/mol. The topological polar surface area (TPSA) is 60.7 Å². The Morgan fingerprint density at radius 2 is 2.26 bits per heavy atom. The lowest BCUT2D eigenvalue weighted by Gasteiger charge is -2.01. The normalized spacial score (nSPS) is 11.3. The van der Waals surface area contributed by atoms with Gasteiger partial charge in [0.05, 0.1) is 17.2 Å². The summed E-state index contributed by atoms with van der Waals surface area (Å²) in [7, 11) is 0. The zero-order valence-corrected chi connectivity index (χ0v) is 12.7. The number of fused-ring (bicyclic) bond motifs is 1. The van der Waals surface area contributed by atoms with Crippen LogP contribution in [0.3, 0.4) is 0 Å². The van der Waals surface area contributed by atoms with Crippen LogP contribution < -0.4 is 5.56 Å². The third-order valence-electron chi connectivity index (χ3n) is 2.54. The van der Waals surface area contributed by atoms with E-state index in [2.05, 4.69) is 15.0 Å². The second-order valence-corrected chi connectivity index (χ2v) is 6.99. The Morgan fingerprint density at radius 3 is 2.95 bits per heavy atom. The molecule has 0 aliphatic rings. The zero-order chi connectivity index (χ0) is 13.4. The summed E-state index contributed by atoms with van der Waals surface area (Å²) in [5, 5.41) is 2.96. The Hall–Kier alpha value is -1.25. The second-order valence-electron chi connectivity index (χ2n) is 3.87. The highest BCUT2D eigenvalue weighted by atomic mass is 32.2. The molecule has 0 aromatic carbocycles. The minimum atomic E-state index is -0.0477. The molecule has 3 aromatic heterocycles. The van der Waals surface area contributed by atoms with Gasteiger partial charge in [-0.25, -0.2) is 15.0 Å². The lowest BCUT2D eigenvalue weighted by Crippen LogP contribution is -2.20. The van der Waals surface area contributed by atoms with Crippen LogP contribution in [0.1, 0.15) is 10.7 Å². The average Bonchev–Trinajstić information content (AvgIpc) is 2.99. The molecule has 0 radical (unpaired) electrons. The molecular formula is C11H10N4OS3. The van der Waals surface area contributed by atoms with Gasteiger partial charge in [0, 0.05) is 5.38 Å². The van der Waals surface area contributed by atoms with Crippen molar-refractivity contribution in [1.29, 1.82) is 0 Å². The van der Waals surface area contributed by atoms with Crippen LogP contribution in [-0.2, 0) is 6.54 Å². The maximum absolute atomic E-state index is 12.3. The summed E-state index contributed by atoms with van der Waals surface area (Å²) in [6.45, 7) is 2.41. The third-order valence-corrected chi connectivity index (χ3v) is 5.38. The van der Waals surface area contributed by atoms with Crippen molar-refractivity contribution in [1.82, 2.24) is 19.5 Å².